The summed E-state index contributed by atoms with van der Waals surface area (Å²) >= 11 is 0. The topological polar surface area (TPSA) is 68.0 Å². The first-order valence-corrected chi connectivity index (χ1v) is 7.35. The lowest BCUT2D eigenvalue weighted by Crippen LogP contribution is -2.17. The summed E-state index contributed by atoms with van der Waals surface area (Å²) in [6, 6.07) is 12.0. The van der Waals surface area contributed by atoms with E-state index in [1.165, 1.54) is 11.1 Å². The van der Waals surface area contributed by atoms with Crippen molar-refractivity contribution in [3.8, 4) is 0 Å². The van der Waals surface area contributed by atoms with Crippen LogP contribution < -0.4 is 11.1 Å². The molecule has 1 heterocycles. The minimum Gasteiger partial charge on any atom is -0.396 e. The van der Waals surface area contributed by atoms with Gasteiger partial charge in [-0.15, -0.1) is 0 Å². The molecule has 0 radical (unpaired) electrons. The Balaban J connectivity index is 1.55. The SMILES string of the molecule is Nc1cccnc1NC(=O)C1C2CCc3ccccc3C21. The van der Waals surface area contributed by atoms with E-state index in [-0.39, 0.29) is 11.8 Å². The van der Waals surface area contributed by atoms with E-state index in [2.05, 4.69) is 34.6 Å². The highest BCUT2D eigenvalue weighted by atomic mass is 16.2. The predicted molar refractivity (Wildman–Crippen MR) is 81.8 cm³/mol. The molecule has 21 heavy (non-hydrogen) atoms. The van der Waals surface area contributed by atoms with Gasteiger partial charge in [-0.1, -0.05) is 24.3 Å². The summed E-state index contributed by atoms with van der Waals surface area (Å²) in [5.41, 5.74) is 9.09. The lowest BCUT2D eigenvalue weighted by molar-refractivity contribution is -0.117. The molecule has 0 spiro atoms. The maximum atomic E-state index is 12.5. The van der Waals surface area contributed by atoms with Crippen LogP contribution >= 0.6 is 0 Å². The average molecular weight is 279 g/mol. The number of hydrogen-bond acceptors (Lipinski definition) is 3. The summed E-state index contributed by atoms with van der Waals surface area (Å²) in [4.78, 5) is 16.6. The van der Waals surface area contributed by atoms with E-state index in [1.54, 1.807) is 18.3 Å². The summed E-state index contributed by atoms with van der Waals surface area (Å²) in [6.45, 7) is 0. The van der Waals surface area contributed by atoms with Gasteiger partial charge in [-0.25, -0.2) is 4.98 Å². The first kappa shape index (κ1) is 12.4. The van der Waals surface area contributed by atoms with Crippen molar-refractivity contribution >= 4 is 17.4 Å². The fourth-order valence-electron chi connectivity index (χ4n) is 3.65. The van der Waals surface area contributed by atoms with Gasteiger partial charge in [0.2, 0.25) is 5.91 Å². The molecule has 0 bridgehead atoms. The highest BCUT2D eigenvalue weighted by Crippen LogP contribution is 2.60. The van der Waals surface area contributed by atoms with Crippen LogP contribution in [0.2, 0.25) is 0 Å². The van der Waals surface area contributed by atoms with Crippen molar-refractivity contribution in [3.63, 3.8) is 0 Å². The number of aromatic nitrogens is 1. The Hall–Kier alpha value is -2.36. The second-order valence-corrected chi connectivity index (χ2v) is 5.88. The van der Waals surface area contributed by atoms with Gasteiger partial charge in [-0.2, -0.15) is 0 Å². The number of fused-ring (bicyclic) bond motifs is 3. The molecule has 1 fully saturated rings. The number of anilines is 2. The third kappa shape index (κ3) is 1.98. The van der Waals surface area contributed by atoms with E-state index < -0.39 is 0 Å². The van der Waals surface area contributed by atoms with Crippen LogP contribution in [0.5, 0.6) is 0 Å². The zero-order valence-electron chi connectivity index (χ0n) is 11.6. The number of carbonyl (C=O) groups excluding carboxylic acids is 1. The molecule has 2 aliphatic rings. The number of aryl methyl sites for hydroxylation is 1. The molecule has 4 rings (SSSR count). The number of hydrogen-bond donors (Lipinski definition) is 2. The maximum Gasteiger partial charge on any atom is 0.229 e. The standard InChI is InChI=1S/C17H17N3O/c18-13-6-3-9-19-16(13)20-17(21)15-12-8-7-10-4-1-2-5-11(10)14(12)15/h1-6,9,12,14-15H,7-8,18H2,(H,19,20,21). The molecule has 3 N–H and O–H groups in total. The smallest absolute Gasteiger partial charge is 0.229 e. The summed E-state index contributed by atoms with van der Waals surface area (Å²) in [6.07, 6.45) is 3.81. The van der Waals surface area contributed by atoms with Crippen LogP contribution in [0.3, 0.4) is 0 Å². The van der Waals surface area contributed by atoms with E-state index >= 15 is 0 Å². The molecule has 4 nitrogen and oxygen atoms in total. The predicted octanol–water partition coefficient (Wildman–Crippen LogP) is 2.58. The van der Waals surface area contributed by atoms with E-state index in [9.17, 15) is 4.79 Å². The van der Waals surface area contributed by atoms with Gasteiger partial charge in [-0.05, 0) is 47.9 Å². The van der Waals surface area contributed by atoms with Crippen molar-refractivity contribution < 1.29 is 4.79 Å². The molecule has 1 amide bonds. The van der Waals surface area contributed by atoms with Crippen LogP contribution in [0.4, 0.5) is 11.5 Å². The van der Waals surface area contributed by atoms with Gasteiger partial charge >= 0.3 is 0 Å². The Morgan fingerprint density at radius 2 is 2.10 bits per heavy atom. The van der Waals surface area contributed by atoms with Gasteiger partial charge in [0.05, 0.1) is 5.69 Å². The zero-order chi connectivity index (χ0) is 14.4. The second-order valence-electron chi connectivity index (χ2n) is 5.88. The van der Waals surface area contributed by atoms with Crippen LogP contribution in [0.15, 0.2) is 42.6 Å². The largest absolute Gasteiger partial charge is 0.396 e. The van der Waals surface area contributed by atoms with E-state index in [0.29, 0.717) is 23.3 Å². The van der Waals surface area contributed by atoms with E-state index in [4.69, 9.17) is 5.73 Å². The summed E-state index contributed by atoms with van der Waals surface area (Å²) < 4.78 is 0. The number of amides is 1. The molecule has 1 aromatic carbocycles. The first-order chi connectivity index (χ1) is 10.3. The molecular weight excluding hydrogens is 262 g/mol. The Morgan fingerprint density at radius 1 is 1.24 bits per heavy atom. The van der Waals surface area contributed by atoms with E-state index in [1.807, 2.05) is 0 Å². The number of carbonyl (C=O) groups is 1. The summed E-state index contributed by atoms with van der Waals surface area (Å²) in [7, 11) is 0. The van der Waals surface area contributed by atoms with Gasteiger partial charge in [0, 0.05) is 12.1 Å². The normalized spacial score (nSPS) is 25.6. The van der Waals surface area contributed by atoms with E-state index in [0.717, 1.165) is 12.8 Å². The average Bonchev–Trinajstić information content (AvgIpc) is 3.24. The maximum absolute atomic E-state index is 12.5. The van der Waals surface area contributed by atoms with Crippen molar-refractivity contribution in [2.24, 2.45) is 11.8 Å². The van der Waals surface area contributed by atoms with Gasteiger partial charge < -0.3 is 11.1 Å². The van der Waals surface area contributed by atoms with Crippen molar-refractivity contribution in [2.45, 2.75) is 18.8 Å². The monoisotopic (exact) mass is 279 g/mol. The van der Waals surface area contributed by atoms with Crippen molar-refractivity contribution in [3.05, 3.63) is 53.7 Å². The molecule has 106 valence electrons. The minimum absolute atomic E-state index is 0.0482. The Kier molecular flexibility index (Phi) is 2.70. The van der Waals surface area contributed by atoms with Crippen LogP contribution in [0.1, 0.15) is 23.5 Å². The molecule has 2 aliphatic carbocycles. The number of benzene rings is 1. The van der Waals surface area contributed by atoms with Crippen LogP contribution in [-0.4, -0.2) is 10.9 Å². The van der Waals surface area contributed by atoms with Crippen molar-refractivity contribution in [1.29, 1.82) is 0 Å². The third-order valence-corrected chi connectivity index (χ3v) is 4.71. The van der Waals surface area contributed by atoms with Gasteiger partial charge in [0.1, 0.15) is 0 Å². The number of pyridine rings is 1. The van der Waals surface area contributed by atoms with Crippen molar-refractivity contribution in [1.82, 2.24) is 4.98 Å². The van der Waals surface area contributed by atoms with Crippen molar-refractivity contribution in [2.75, 3.05) is 11.1 Å². The molecule has 3 unspecified atom stereocenters. The Morgan fingerprint density at radius 3 is 2.95 bits per heavy atom. The molecule has 4 heteroatoms. The molecule has 2 aromatic rings. The molecule has 3 atom stereocenters. The quantitative estimate of drug-likeness (QED) is 0.887. The molecule has 1 aromatic heterocycles. The summed E-state index contributed by atoms with van der Waals surface area (Å²) in [5.74, 6) is 1.44. The number of nitrogens with zero attached hydrogens (tertiary/aromatic N) is 1. The number of nitrogen functional groups attached to an aromatic ring is 1. The van der Waals surface area contributed by atoms with Gasteiger partial charge in [-0.3, -0.25) is 4.79 Å². The lowest BCUT2D eigenvalue weighted by Gasteiger charge is -2.13. The number of nitrogens with two attached hydrogens (primary N) is 1. The van der Waals surface area contributed by atoms with Gasteiger partial charge in [0.15, 0.2) is 5.82 Å². The van der Waals surface area contributed by atoms with Crippen LogP contribution in [0.25, 0.3) is 0 Å². The zero-order valence-corrected chi connectivity index (χ0v) is 11.6. The fraction of sp³-hybridized carbons (Fsp3) is 0.294. The Labute approximate surface area is 123 Å². The molecule has 0 aliphatic heterocycles. The van der Waals surface area contributed by atoms with Gasteiger partial charge in [0.25, 0.3) is 0 Å². The minimum atomic E-state index is 0.0482. The molecule has 0 saturated heterocycles. The summed E-state index contributed by atoms with van der Waals surface area (Å²) in [5, 5.41) is 2.88. The molecule has 1 saturated carbocycles. The number of nitrogens with one attached hydrogen (secondary N) is 1. The second kappa shape index (κ2) is 4.58. The number of rotatable bonds is 2. The highest BCUT2D eigenvalue weighted by molar-refractivity contribution is 5.97. The third-order valence-electron chi connectivity index (χ3n) is 4.71. The van der Waals surface area contributed by atoms with Crippen LogP contribution in [-0.2, 0) is 11.2 Å². The first-order valence-electron chi connectivity index (χ1n) is 7.35. The Bertz CT molecular complexity index is 713. The molecular formula is C17H17N3O. The fourth-order valence-corrected chi connectivity index (χ4v) is 3.65. The lowest BCUT2D eigenvalue weighted by atomic mass is 9.92. The van der Waals surface area contributed by atoms with Crippen LogP contribution in [0, 0.1) is 11.8 Å². The highest BCUT2D eigenvalue weighted by Gasteiger charge is 2.57.